The van der Waals surface area contributed by atoms with Gasteiger partial charge in [0.2, 0.25) is 11.8 Å². The Morgan fingerprint density at radius 1 is 1.25 bits per heavy atom. The van der Waals surface area contributed by atoms with Gasteiger partial charge in [0.05, 0.1) is 5.41 Å². The first kappa shape index (κ1) is 16.3. The zero-order valence-electron chi connectivity index (χ0n) is 12.1. The summed E-state index contributed by atoms with van der Waals surface area (Å²) in [5.41, 5.74) is 9.20. The molecule has 0 aromatic heterocycles. The Bertz CT molecular complexity index is 412. The molecule has 6 N–H and O–H groups in total. The number of hydrogen-bond donors (Lipinski definition) is 4. The minimum absolute atomic E-state index is 0.0634. The normalized spacial score (nSPS) is 19.4. The first-order valence-electron chi connectivity index (χ1n) is 6.82. The van der Waals surface area contributed by atoms with E-state index in [9.17, 15) is 9.59 Å². The standard InChI is InChI=1S/C13H24N4O3/c1-12(2,10(15)18)8-16-11(19)13(9(14)17-20)6-4-3-5-7-13/h20H,3-8H2,1-2H3,(H2,14,17)(H2,15,18)(H,16,19). The molecule has 0 aliphatic heterocycles. The van der Waals surface area contributed by atoms with Crippen molar-refractivity contribution in [2.75, 3.05) is 6.54 Å². The van der Waals surface area contributed by atoms with Gasteiger partial charge in [-0.05, 0) is 26.7 Å². The van der Waals surface area contributed by atoms with E-state index < -0.39 is 16.7 Å². The highest BCUT2D eigenvalue weighted by atomic mass is 16.4. The van der Waals surface area contributed by atoms with Crippen molar-refractivity contribution in [1.29, 1.82) is 0 Å². The van der Waals surface area contributed by atoms with Crippen LogP contribution in [0.1, 0.15) is 46.0 Å². The first-order chi connectivity index (χ1) is 9.26. The molecule has 0 saturated heterocycles. The fourth-order valence-electron chi connectivity index (χ4n) is 2.41. The molecule has 1 aliphatic rings. The number of amidine groups is 1. The van der Waals surface area contributed by atoms with Crippen LogP contribution in [0.4, 0.5) is 0 Å². The summed E-state index contributed by atoms with van der Waals surface area (Å²) in [6.45, 7) is 3.45. The maximum atomic E-state index is 12.5. The van der Waals surface area contributed by atoms with Crippen LogP contribution in [0.2, 0.25) is 0 Å². The zero-order valence-corrected chi connectivity index (χ0v) is 12.1. The monoisotopic (exact) mass is 284 g/mol. The minimum atomic E-state index is -0.972. The number of primary amides is 1. The molecule has 0 spiro atoms. The highest BCUT2D eigenvalue weighted by Gasteiger charge is 2.44. The van der Waals surface area contributed by atoms with Gasteiger partial charge in [-0.25, -0.2) is 0 Å². The van der Waals surface area contributed by atoms with Crippen molar-refractivity contribution >= 4 is 17.6 Å². The molecule has 1 aliphatic carbocycles. The summed E-state index contributed by atoms with van der Waals surface area (Å²) in [7, 11) is 0. The number of rotatable bonds is 5. The summed E-state index contributed by atoms with van der Waals surface area (Å²) >= 11 is 0. The lowest BCUT2D eigenvalue weighted by molar-refractivity contribution is -0.131. The first-order valence-corrected chi connectivity index (χ1v) is 6.82. The molecule has 20 heavy (non-hydrogen) atoms. The van der Waals surface area contributed by atoms with E-state index in [1.54, 1.807) is 13.8 Å². The second-order valence-electron chi connectivity index (χ2n) is 6.06. The molecular weight excluding hydrogens is 260 g/mol. The molecule has 114 valence electrons. The minimum Gasteiger partial charge on any atom is -0.409 e. The van der Waals surface area contributed by atoms with Crippen LogP contribution in [0.25, 0.3) is 0 Å². The van der Waals surface area contributed by atoms with Crippen LogP contribution in [0.3, 0.4) is 0 Å². The zero-order chi connectivity index (χ0) is 15.4. The summed E-state index contributed by atoms with van der Waals surface area (Å²) in [6, 6.07) is 0. The van der Waals surface area contributed by atoms with Gasteiger partial charge < -0.3 is 22.0 Å². The maximum absolute atomic E-state index is 12.5. The van der Waals surface area contributed by atoms with E-state index in [0.717, 1.165) is 19.3 Å². The third-order valence-electron chi connectivity index (χ3n) is 4.10. The van der Waals surface area contributed by atoms with Crippen molar-refractivity contribution in [3.63, 3.8) is 0 Å². The predicted molar refractivity (Wildman–Crippen MR) is 74.9 cm³/mol. The van der Waals surface area contributed by atoms with Gasteiger partial charge in [-0.3, -0.25) is 9.59 Å². The molecule has 0 aromatic carbocycles. The molecule has 7 nitrogen and oxygen atoms in total. The largest absolute Gasteiger partial charge is 0.409 e. The van der Waals surface area contributed by atoms with Crippen molar-refractivity contribution in [2.24, 2.45) is 27.5 Å². The van der Waals surface area contributed by atoms with Crippen molar-refractivity contribution in [3.05, 3.63) is 0 Å². The van der Waals surface area contributed by atoms with Crippen LogP contribution >= 0.6 is 0 Å². The van der Waals surface area contributed by atoms with Gasteiger partial charge in [-0.2, -0.15) is 0 Å². The molecule has 0 unspecified atom stereocenters. The lowest BCUT2D eigenvalue weighted by atomic mass is 9.72. The van der Waals surface area contributed by atoms with Gasteiger partial charge in [0.1, 0.15) is 5.41 Å². The molecule has 7 heteroatoms. The van der Waals surface area contributed by atoms with E-state index in [2.05, 4.69) is 10.5 Å². The van der Waals surface area contributed by atoms with Gasteiger partial charge in [-0.15, -0.1) is 0 Å². The predicted octanol–water partition coefficient (Wildman–Crippen LogP) is 0.311. The van der Waals surface area contributed by atoms with E-state index in [-0.39, 0.29) is 18.3 Å². The molecule has 0 radical (unpaired) electrons. The van der Waals surface area contributed by atoms with Crippen LogP contribution in [0.5, 0.6) is 0 Å². The Labute approximate surface area is 118 Å². The highest BCUT2D eigenvalue weighted by Crippen LogP contribution is 2.37. The Kier molecular flexibility index (Phi) is 4.97. The third kappa shape index (κ3) is 3.20. The number of nitrogens with one attached hydrogen (secondary N) is 1. The summed E-state index contributed by atoms with van der Waals surface area (Å²) in [4.78, 5) is 23.7. The van der Waals surface area contributed by atoms with Crippen molar-refractivity contribution in [2.45, 2.75) is 46.0 Å². The summed E-state index contributed by atoms with van der Waals surface area (Å²) < 4.78 is 0. The Morgan fingerprint density at radius 3 is 2.25 bits per heavy atom. The number of oxime groups is 1. The summed E-state index contributed by atoms with van der Waals surface area (Å²) in [5, 5.41) is 14.7. The average molecular weight is 284 g/mol. The Morgan fingerprint density at radius 2 is 1.80 bits per heavy atom. The quantitative estimate of drug-likeness (QED) is 0.250. The number of nitrogens with two attached hydrogens (primary N) is 2. The number of nitrogens with zero attached hydrogens (tertiary/aromatic N) is 1. The molecule has 0 atom stereocenters. The van der Waals surface area contributed by atoms with Gasteiger partial charge in [0, 0.05) is 6.54 Å². The summed E-state index contributed by atoms with van der Waals surface area (Å²) in [5.74, 6) is -0.854. The van der Waals surface area contributed by atoms with Crippen LogP contribution in [-0.4, -0.2) is 29.4 Å². The van der Waals surface area contributed by atoms with Gasteiger partial charge >= 0.3 is 0 Å². The second kappa shape index (κ2) is 6.11. The lowest BCUT2D eigenvalue weighted by Gasteiger charge is -2.35. The van der Waals surface area contributed by atoms with Crippen LogP contribution in [0, 0.1) is 10.8 Å². The fourth-order valence-corrected chi connectivity index (χ4v) is 2.41. The van der Waals surface area contributed by atoms with E-state index >= 15 is 0 Å². The number of carbonyl (C=O) groups excluding carboxylic acids is 2. The van der Waals surface area contributed by atoms with E-state index in [0.29, 0.717) is 12.8 Å². The Balaban J connectivity index is 2.83. The molecule has 0 aromatic rings. The number of amides is 2. The topological polar surface area (TPSA) is 131 Å². The summed E-state index contributed by atoms with van der Waals surface area (Å²) in [6.07, 6.45) is 3.82. The third-order valence-corrected chi connectivity index (χ3v) is 4.10. The van der Waals surface area contributed by atoms with Crippen molar-refractivity contribution < 1.29 is 14.8 Å². The average Bonchev–Trinajstić information content (AvgIpc) is 2.44. The number of carbonyl (C=O) groups is 2. The molecule has 1 saturated carbocycles. The maximum Gasteiger partial charge on any atom is 0.233 e. The van der Waals surface area contributed by atoms with Gasteiger partial charge in [-0.1, -0.05) is 24.4 Å². The van der Waals surface area contributed by atoms with Crippen LogP contribution < -0.4 is 16.8 Å². The number of hydrogen-bond acceptors (Lipinski definition) is 4. The fraction of sp³-hybridized carbons (Fsp3) is 0.769. The SMILES string of the molecule is CC(C)(CNC(=O)C1(C(N)=NO)CCCCC1)C(N)=O. The van der Waals surface area contributed by atoms with Gasteiger partial charge in [0.15, 0.2) is 5.84 Å². The Hall–Kier alpha value is -1.79. The lowest BCUT2D eigenvalue weighted by Crippen LogP contribution is -2.53. The molecule has 1 rings (SSSR count). The van der Waals surface area contributed by atoms with E-state index in [4.69, 9.17) is 16.7 Å². The van der Waals surface area contributed by atoms with Crippen LogP contribution in [-0.2, 0) is 9.59 Å². The molecule has 0 heterocycles. The molecule has 0 bridgehead atoms. The van der Waals surface area contributed by atoms with Crippen molar-refractivity contribution in [1.82, 2.24) is 5.32 Å². The van der Waals surface area contributed by atoms with E-state index in [1.807, 2.05) is 0 Å². The van der Waals surface area contributed by atoms with Crippen molar-refractivity contribution in [3.8, 4) is 0 Å². The molecule has 2 amide bonds. The highest BCUT2D eigenvalue weighted by molar-refractivity contribution is 6.06. The van der Waals surface area contributed by atoms with Gasteiger partial charge in [0.25, 0.3) is 0 Å². The molecule has 1 fully saturated rings. The molecular formula is C13H24N4O3. The smallest absolute Gasteiger partial charge is 0.233 e. The van der Waals surface area contributed by atoms with Crippen LogP contribution in [0.15, 0.2) is 5.16 Å². The second-order valence-corrected chi connectivity index (χ2v) is 6.06. The van der Waals surface area contributed by atoms with E-state index in [1.165, 1.54) is 0 Å².